The van der Waals surface area contributed by atoms with Gasteiger partial charge in [0.05, 0.1) is 10.0 Å². The Hall–Kier alpha value is -2.05. The molecule has 8 heteroatoms. The maximum absolute atomic E-state index is 12.4. The first kappa shape index (κ1) is 16.8. The molecule has 3 heterocycles. The van der Waals surface area contributed by atoms with E-state index in [1.807, 2.05) is 6.92 Å². The number of aryl methyl sites for hydroxylation is 1. The van der Waals surface area contributed by atoms with Crippen molar-refractivity contribution >= 4 is 40.7 Å². The first-order chi connectivity index (χ1) is 11.5. The van der Waals surface area contributed by atoms with E-state index in [2.05, 4.69) is 20.2 Å². The summed E-state index contributed by atoms with van der Waals surface area (Å²) in [6.45, 7) is 4.43. The fraction of sp³-hybridized carbons (Fsp3) is 0.312. The molecule has 24 heavy (non-hydrogen) atoms. The Morgan fingerprint density at radius 1 is 1.21 bits per heavy atom. The topological polar surface area (TPSA) is 61.4 Å². The van der Waals surface area contributed by atoms with Crippen molar-refractivity contribution in [3.8, 4) is 0 Å². The Bertz CT molecular complexity index is 747. The van der Waals surface area contributed by atoms with Crippen LogP contribution in [0.5, 0.6) is 0 Å². The fourth-order valence-corrected chi connectivity index (χ4v) is 3.07. The Balaban J connectivity index is 1.60. The molecule has 0 unspecified atom stereocenters. The van der Waals surface area contributed by atoms with Gasteiger partial charge in [0, 0.05) is 50.5 Å². The Labute approximate surface area is 150 Å². The standard InChI is InChI=1S/C16H17Cl2N5O/c1-11-9-19-3-2-14(11)21-16(24)23-6-4-22(5-7-23)15-13(18)8-12(17)10-20-15/h2-3,8-10H,4-7H2,1H3,(H,19,21,24). The number of nitrogens with one attached hydrogen (secondary N) is 1. The lowest BCUT2D eigenvalue weighted by atomic mass is 10.2. The predicted octanol–water partition coefficient (Wildman–Crippen LogP) is 3.45. The fourth-order valence-electron chi connectivity index (χ4n) is 2.57. The maximum atomic E-state index is 12.4. The van der Waals surface area contributed by atoms with E-state index in [0.29, 0.717) is 42.0 Å². The predicted molar refractivity (Wildman–Crippen MR) is 96.0 cm³/mol. The van der Waals surface area contributed by atoms with Gasteiger partial charge in [0.25, 0.3) is 0 Å². The molecule has 1 N–H and O–H groups in total. The molecule has 0 saturated carbocycles. The number of hydrogen-bond donors (Lipinski definition) is 1. The second-order valence-corrected chi connectivity index (χ2v) is 6.40. The van der Waals surface area contributed by atoms with Crippen molar-refractivity contribution in [1.29, 1.82) is 0 Å². The van der Waals surface area contributed by atoms with Gasteiger partial charge in [-0.3, -0.25) is 4.98 Å². The van der Waals surface area contributed by atoms with Crippen LogP contribution in [0.15, 0.2) is 30.7 Å². The zero-order valence-electron chi connectivity index (χ0n) is 13.2. The van der Waals surface area contributed by atoms with Gasteiger partial charge in [0.15, 0.2) is 0 Å². The minimum Gasteiger partial charge on any atom is -0.352 e. The monoisotopic (exact) mass is 365 g/mol. The number of amides is 2. The van der Waals surface area contributed by atoms with Crippen LogP contribution >= 0.6 is 23.2 Å². The first-order valence-corrected chi connectivity index (χ1v) is 8.33. The lowest BCUT2D eigenvalue weighted by molar-refractivity contribution is 0.208. The lowest BCUT2D eigenvalue weighted by Crippen LogP contribution is -2.50. The minimum absolute atomic E-state index is 0.112. The van der Waals surface area contributed by atoms with Gasteiger partial charge in [-0.1, -0.05) is 23.2 Å². The SMILES string of the molecule is Cc1cnccc1NC(=O)N1CCN(c2ncc(Cl)cc2Cl)CC1. The normalized spacial score (nSPS) is 14.6. The number of urea groups is 1. The van der Waals surface area contributed by atoms with Gasteiger partial charge in [0.1, 0.15) is 5.82 Å². The molecular weight excluding hydrogens is 349 g/mol. The highest BCUT2D eigenvalue weighted by Crippen LogP contribution is 2.26. The molecule has 1 aliphatic rings. The highest BCUT2D eigenvalue weighted by molar-refractivity contribution is 6.36. The van der Waals surface area contributed by atoms with E-state index < -0.39 is 0 Å². The molecule has 0 aliphatic carbocycles. The summed E-state index contributed by atoms with van der Waals surface area (Å²) in [5.41, 5.74) is 1.71. The number of aromatic nitrogens is 2. The third-order valence-electron chi connectivity index (χ3n) is 3.92. The van der Waals surface area contributed by atoms with E-state index in [-0.39, 0.29) is 6.03 Å². The largest absolute Gasteiger partial charge is 0.352 e. The van der Waals surface area contributed by atoms with Gasteiger partial charge in [-0.05, 0) is 24.6 Å². The van der Waals surface area contributed by atoms with Gasteiger partial charge in [0.2, 0.25) is 0 Å². The lowest BCUT2D eigenvalue weighted by Gasteiger charge is -2.35. The zero-order chi connectivity index (χ0) is 17.1. The molecule has 0 atom stereocenters. The zero-order valence-corrected chi connectivity index (χ0v) is 14.7. The smallest absolute Gasteiger partial charge is 0.321 e. The highest BCUT2D eigenvalue weighted by atomic mass is 35.5. The molecule has 2 amide bonds. The van der Waals surface area contributed by atoms with Crippen molar-refractivity contribution in [2.24, 2.45) is 0 Å². The summed E-state index contributed by atoms with van der Waals surface area (Å²) in [6, 6.07) is 3.36. The molecule has 0 bridgehead atoms. The van der Waals surface area contributed by atoms with Gasteiger partial charge in [-0.15, -0.1) is 0 Å². The molecule has 2 aromatic heterocycles. The maximum Gasteiger partial charge on any atom is 0.321 e. The van der Waals surface area contributed by atoms with E-state index in [0.717, 1.165) is 11.3 Å². The van der Waals surface area contributed by atoms with Crippen LogP contribution in [0.3, 0.4) is 0 Å². The van der Waals surface area contributed by atoms with Gasteiger partial charge < -0.3 is 15.1 Å². The van der Waals surface area contributed by atoms with Crippen molar-refractivity contribution in [3.05, 3.63) is 46.3 Å². The summed E-state index contributed by atoms with van der Waals surface area (Å²) in [4.78, 5) is 24.5. The van der Waals surface area contributed by atoms with Crippen LogP contribution in [0.25, 0.3) is 0 Å². The molecule has 6 nitrogen and oxygen atoms in total. The molecule has 3 rings (SSSR count). The first-order valence-electron chi connectivity index (χ1n) is 7.57. The number of carbonyl (C=O) groups excluding carboxylic acids is 1. The van der Waals surface area contributed by atoms with E-state index in [1.54, 1.807) is 35.6 Å². The number of halogens is 2. The van der Waals surface area contributed by atoms with E-state index >= 15 is 0 Å². The van der Waals surface area contributed by atoms with Crippen molar-refractivity contribution < 1.29 is 4.79 Å². The van der Waals surface area contributed by atoms with E-state index in [1.165, 1.54) is 0 Å². The van der Waals surface area contributed by atoms with Crippen LogP contribution in [0, 0.1) is 6.92 Å². The molecule has 0 aromatic carbocycles. The summed E-state index contributed by atoms with van der Waals surface area (Å²) < 4.78 is 0. The van der Waals surface area contributed by atoms with Gasteiger partial charge in [-0.25, -0.2) is 9.78 Å². The molecule has 1 saturated heterocycles. The van der Waals surface area contributed by atoms with Crippen LogP contribution < -0.4 is 10.2 Å². The number of anilines is 2. The summed E-state index contributed by atoms with van der Waals surface area (Å²) in [6.07, 6.45) is 4.96. The van der Waals surface area contributed by atoms with Gasteiger partial charge >= 0.3 is 6.03 Å². The Morgan fingerprint density at radius 3 is 2.62 bits per heavy atom. The van der Waals surface area contributed by atoms with Crippen LogP contribution in [0.1, 0.15) is 5.56 Å². The molecule has 126 valence electrons. The molecule has 2 aromatic rings. The van der Waals surface area contributed by atoms with Crippen LogP contribution in [-0.4, -0.2) is 47.1 Å². The molecule has 0 spiro atoms. The number of pyridine rings is 2. The Kier molecular flexibility index (Phi) is 5.06. The minimum atomic E-state index is -0.112. The number of rotatable bonds is 2. The van der Waals surface area contributed by atoms with Crippen LogP contribution in [0.4, 0.5) is 16.3 Å². The molecule has 1 fully saturated rings. The summed E-state index contributed by atoms with van der Waals surface area (Å²) >= 11 is 12.1. The van der Waals surface area contributed by atoms with Crippen molar-refractivity contribution in [1.82, 2.24) is 14.9 Å². The summed E-state index contributed by atoms with van der Waals surface area (Å²) in [7, 11) is 0. The number of piperazine rings is 1. The average Bonchev–Trinajstić information content (AvgIpc) is 2.57. The summed E-state index contributed by atoms with van der Waals surface area (Å²) in [5.74, 6) is 0.700. The highest BCUT2D eigenvalue weighted by Gasteiger charge is 2.23. The second-order valence-electron chi connectivity index (χ2n) is 5.55. The number of hydrogen-bond acceptors (Lipinski definition) is 4. The molecular formula is C16H17Cl2N5O. The number of nitrogens with zero attached hydrogens (tertiary/aromatic N) is 4. The van der Waals surface area contributed by atoms with E-state index in [9.17, 15) is 4.79 Å². The molecule has 0 radical (unpaired) electrons. The third-order valence-corrected chi connectivity index (χ3v) is 4.40. The molecule has 1 aliphatic heterocycles. The van der Waals surface area contributed by atoms with Gasteiger partial charge in [-0.2, -0.15) is 0 Å². The Morgan fingerprint density at radius 2 is 1.96 bits per heavy atom. The second kappa shape index (κ2) is 7.23. The average molecular weight is 366 g/mol. The van der Waals surface area contributed by atoms with Crippen LogP contribution in [0.2, 0.25) is 10.0 Å². The van der Waals surface area contributed by atoms with E-state index in [4.69, 9.17) is 23.2 Å². The van der Waals surface area contributed by atoms with Crippen molar-refractivity contribution in [2.75, 3.05) is 36.4 Å². The third kappa shape index (κ3) is 3.71. The van der Waals surface area contributed by atoms with Crippen molar-refractivity contribution in [2.45, 2.75) is 6.92 Å². The quantitative estimate of drug-likeness (QED) is 0.885. The van der Waals surface area contributed by atoms with Crippen molar-refractivity contribution in [3.63, 3.8) is 0 Å². The van der Waals surface area contributed by atoms with Crippen LogP contribution in [-0.2, 0) is 0 Å². The number of carbonyl (C=O) groups is 1. The summed E-state index contributed by atoms with van der Waals surface area (Å²) in [5, 5.41) is 3.95.